The van der Waals surface area contributed by atoms with Crippen LogP contribution in [0.15, 0.2) is 12.1 Å². The molecular weight excluding hydrogens is 390 g/mol. The van der Waals surface area contributed by atoms with Gasteiger partial charge >= 0.3 is 0 Å². The van der Waals surface area contributed by atoms with Gasteiger partial charge in [-0.3, -0.25) is 14.6 Å². The first-order chi connectivity index (χ1) is 15.1. The predicted molar refractivity (Wildman–Crippen MR) is 123 cm³/mol. The van der Waals surface area contributed by atoms with E-state index in [4.69, 9.17) is 9.47 Å². The molecule has 0 spiro atoms. The molecule has 1 aromatic carbocycles. The van der Waals surface area contributed by atoms with E-state index in [0.29, 0.717) is 12.5 Å². The maximum Gasteiger partial charge on any atom is 0.236 e. The van der Waals surface area contributed by atoms with Crippen LogP contribution in [0.2, 0.25) is 0 Å². The number of likely N-dealkylation sites (tertiary alicyclic amines) is 1. The molecule has 0 aromatic heterocycles. The molecule has 0 N–H and O–H groups in total. The normalized spacial score (nSPS) is 25.2. The molecule has 6 heteroatoms. The van der Waals surface area contributed by atoms with E-state index in [2.05, 4.69) is 33.8 Å². The Morgan fingerprint density at radius 1 is 0.903 bits per heavy atom. The fourth-order valence-electron chi connectivity index (χ4n) is 5.66. The Kier molecular flexibility index (Phi) is 7.39. The second-order valence-electron chi connectivity index (χ2n) is 9.62. The van der Waals surface area contributed by atoms with Gasteiger partial charge in [0, 0.05) is 45.8 Å². The SMILES string of the molecule is COc1cc(C)c(CN2CCN(CC(=O)N3CC[C@H]4CCCC[C@@H]4C3)CC2)cc1OC. The number of hydrogen-bond acceptors (Lipinski definition) is 5. The maximum absolute atomic E-state index is 12.9. The molecule has 0 radical (unpaired) electrons. The molecule has 4 rings (SSSR count). The first kappa shape index (κ1) is 22.4. The number of nitrogens with zero attached hydrogens (tertiary/aromatic N) is 3. The van der Waals surface area contributed by atoms with Crippen molar-refractivity contribution < 1.29 is 14.3 Å². The Hall–Kier alpha value is -1.79. The Labute approximate surface area is 187 Å². The number of carbonyl (C=O) groups excluding carboxylic acids is 1. The van der Waals surface area contributed by atoms with Crippen LogP contribution in [0.3, 0.4) is 0 Å². The molecule has 1 aromatic rings. The molecule has 1 saturated carbocycles. The number of benzene rings is 1. The van der Waals surface area contributed by atoms with Gasteiger partial charge in [-0.15, -0.1) is 0 Å². The number of carbonyl (C=O) groups is 1. The quantitative estimate of drug-likeness (QED) is 0.695. The zero-order chi connectivity index (χ0) is 21.8. The molecule has 0 bridgehead atoms. The van der Waals surface area contributed by atoms with Crippen LogP contribution in [0.4, 0.5) is 0 Å². The molecule has 2 aliphatic heterocycles. The molecule has 6 nitrogen and oxygen atoms in total. The summed E-state index contributed by atoms with van der Waals surface area (Å²) in [5, 5.41) is 0. The van der Waals surface area contributed by atoms with Gasteiger partial charge in [0.15, 0.2) is 11.5 Å². The molecule has 1 aliphatic carbocycles. The van der Waals surface area contributed by atoms with E-state index in [1.807, 2.05) is 0 Å². The Morgan fingerprint density at radius 2 is 1.55 bits per heavy atom. The van der Waals surface area contributed by atoms with E-state index < -0.39 is 0 Å². The first-order valence-electron chi connectivity index (χ1n) is 12.0. The van der Waals surface area contributed by atoms with E-state index in [-0.39, 0.29) is 0 Å². The van der Waals surface area contributed by atoms with Crippen molar-refractivity contribution in [1.29, 1.82) is 0 Å². The van der Waals surface area contributed by atoms with Gasteiger partial charge in [-0.1, -0.05) is 19.3 Å². The van der Waals surface area contributed by atoms with Gasteiger partial charge in [0.25, 0.3) is 0 Å². The van der Waals surface area contributed by atoms with E-state index in [9.17, 15) is 4.79 Å². The van der Waals surface area contributed by atoms with Crippen LogP contribution >= 0.6 is 0 Å². The van der Waals surface area contributed by atoms with Gasteiger partial charge in [-0.05, 0) is 54.9 Å². The van der Waals surface area contributed by atoms with Gasteiger partial charge in [0.1, 0.15) is 0 Å². The number of aryl methyl sites for hydroxylation is 1. The molecule has 172 valence electrons. The zero-order valence-corrected chi connectivity index (χ0v) is 19.6. The minimum Gasteiger partial charge on any atom is -0.493 e. The number of fused-ring (bicyclic) bond motifs is 1. The lowest BCUT2D eigenvalue weighted by atomic mass is 9.75. The lowest BCUT2D eigenvalue weighted by Gasteiger charge is -2.42. The van der Waals surface area contributed by atoms with Crippen molar-refractivity contribution in [2.45, 2.75) is 45.6 Å². The van der Waals surface area contributed by atoms with Gasteiger partial charge in [-0.2, -0.15) is 0 Å². The molecule has 31 heavy (non-hydrogen) atoms. The summed E-state index contributed by atoms with van der Waals surface area (Å²) in [6.07, 6.45) is 6.67. The molecule has 2 atom stereocenters. The number of rotatable bonds is 6. The van der Waals surface area contributed by atoms with Crippen molar-refractivity contribution in [2.24, 2.45) is 11.8 Å². The average Bonchev–Trinajstić information content (AvgIpc) is 2.80. The van der Waals surface area contributed by atoms with Gasteiger partial charge in [0.2, 0.25) is 5.91 Å². The van der Waals surface area contributed by atoms with Crippen molar-refractivity contribution in [3.63, 3.8) is 0 Å². The Balaban J connectivity index is 1.25. The number of methoxy groups -OCH3 is 2. The molecule has 3 aliphatic rings. The third-order valence-corrected chi connectivity index (χ3v) is 7.70. The number of piperazine rings is 1. The predicted octanol–water partition coefficient (Wildman–Crippen LogP) is 3.17. The van der Waals surface area contributed by atoms with Crippen molar-refractivity contribution >= 4 is 5.91 Å². The molecule has 0 unspecified atom stereocenters. The second kappa shape index (κ2) is 10.2. The molecule has 2 heterocycles. The summed E-state index contributed by atoms with van der Waals surface area (Å²) in [7, 11) is 3.36. The lowest BCUT2D eigenvalue weighted by Crippen LogP contribution is -2.52. The van der Waals surface area contributed by atoms with Crippen molar-refractivity contribution in [3.8, 4) is 11.5 Å². The fourth-order valence-corrected chi connectivity index (χ4v) is 5.66. The first-order valence-corrected chi connectivity index (χ1v) is 12.0. The third-order valence-electron chi connectivity index (χ3n) is 7.70. The Morgan fingerprint density at radius 3 is 2.26 bits per heavy atom. The largest absolute Gasteiger partial charge is 0.493 e. The smallest absolute Gasteiger partial charge is 0.236 e. The highest BCUT2D eigenvalue weighted by atomic mass is 16.5. The third kappa shape index (κ3) is 5.35. The fraction of sp³-hybridized carbons (Fsp3) is 0.720. The number of hydrogen-bond donors (Lipinski definition) is 0. The average molecular weight is 430 g/mol. The summed E-state index contributed by atoms with van der Waals surface area (Å²) in [5.41, 5.74) is 2.50. The van der Waals surface area contributed by atoms with Crippen LogP contribution in [0.5, 0.6) is 11.5 Å². The van der Waals surface area contributed by atoms with Gasteiger partial charge in [0.05, 0.1) is 20.8 Å². The van der Waals surface area contributed by atoms with Crippen molar-refractivity contribution in [1.82, 2.24) is 14.7 Å². The molecular formula is C25H39N3O3. The highest BCUT2D eigenvalue weighted by molar-refractivity contribution is 5.78. The second-order valence-corrected chi connectivity index (χ2v) is 9.62. The maximum atomic E-state index is 12.9. The Bertz CT molecular complexity index is 761. The zero-order valence-electron chi connectivity index (χ0n) is 19.6. The van der Waals surface area contributed by atoms with Crippen LogP contribution in [0.25, 0.3) is 0 Å². The van der Waals surface area contributed by atoms with Crippen LogP contribution < -0.4 is 9.47 Å². The molecule has 1 amide bonds. The summed E-state index contributed by atoms with van der Waals surface area (Å²) >= 11 is 0. The van der Waals surface area contributed by atoms with E-state index >= 15 is 0 Å². The number of piperidine rings is 1. The highest BCUT2D eigenvalue weighted by Gasteiger charge is 2.33. The minimum absolute atomic E-state index is 0.341. The summed E-state index contributed by atoms with van der Waals surface area (Å²) in [4.78, 5) is 19.9. The van der Waals surface area contributed by atoms with Gasteiger partial charge < -0.3 is 14.4 Å². The van der Waals surface area contributed by atoms with E-state index in [1.165, 1.54) is 43.2 Å². The van der Waals surface area contributed by atoms with Crippen LogP contribution in [0.1, 0.15) is 43.2 Å². The lowest BCUT2D eigenvalue weighted by molar-refractivity contribution is -0.136. The molecule has 2 saturated heterocycles. The number of amides is 1. The topological polar surface area (TPSA) is 45.2 Å². The van der Waals surface area contributed by atoms with E-state index in [1.54, 1.807) is 14.2 Å². The van der Waals surface area contributed by atoms with Gasteiger partial charge in [-0.25, -0.2) is 0 Å². The minimum atomic E-state index is 0.341. The monoisotopic (exact) mass is 429 g/mol. The summed E-state index contributed by atoms with van der Waals surface area (Å²) in [5.74, 6) is 3.54. The van der Waals surface area contributed by atoms with Crippen LogP contribution in [-0.4, -0.2) is 80.6 Å². The van der Waals surface area contributed by atoms with Crippen molar-refractivity contribution in [2.75, 3.05) is 60.0 Å². The highest BCUT2D eigenvalue weighted by Crippen LogP contribution is 2.36. The summed E-state index contributed by atoms with van der Waals surface area (Å²) < 4.78 is 10.9. The van der Waals surface area contributed by atoms with E-state index in [0.717, 1.165) is 69.1 Å². The standard InChI is InChI=1S/C25H39N3O3/c1-19-14-23(30-2)24(31-3)15-22(19)16-26-10-12-27(13-11-26)18-25(29)28-9-8-20-6-4-5-7-21(20)17-28/h14-15,20-21H,4-13,16-18H2,1-3H3/t20-,21-/m1/s1. The summed E-state index contributed by atoms with van der Waals surface area (Å²) in [6.45, 7) is 9.49. The molecule has 3 fully saturated rings. The number of ether oxygens (including phenoxy) is 2. The van der Waals surface area contributed by atoms with Crippen LogP contribution in [-0.2, 0) is 11.3 Å². The summed E-state index contributed by atoms with van der Waals surface area (Å²) in [6, 6.07) is 4.15. The van der Waals surface area contributed by atoms with Crippen molar-refractivity contribution in [3.05, 3.63) is 23.3 Å². The van der Waals surface area contributed by atoms with Crippen LogP contribution in [0, 0.1) is 18.8 Å².